The van der Waals surface area contributed by atoms with Gasteiger partial charge in [0.25, 0.3) is 0 Å². The first-order chi connectivity index (χ1) is 12.6. The molecule has 0 spiro atoms. The molecule has 0 bridgehead atoms. The van der Waals surface area contributed by atoms with E-state index in [0.29, 0.717) is 23.3 Å². The van der Waals surface area contributed by atoms with Crippen molar-refractivity contribution in [2.75, 3.05) is 0 Å². The van der Waals surface area contributed by atoms with E-state index in [-0.39, 0.29) is 11.3 Å². The summed E-state index contributed by atoms with van der Waals surface area (Å²) in [7, 11) is 0. The van der Waals surface area contributed by atoms with Crippen molar-refractivity contribution in [3.05, 3.63) is 77.9 Å². The number of fused-ring (bicyclic) bond motifs is 1. The Morgan fingerprint density at radius 1 is 1.04 bits per heavy atom. The van der Waals surface area contributed by atoms with Crippen LogP contribution in [0.25, 0.3) is 16.9 Å². The third-order valence-corrected chi connectivity index (χ3v) is 4.04. The summed E-state index contributed by atoms with van der Waals surface area (Å²) in [6.45, 7) is 0. The fraction of sp³-hybridized carbons (Fsp3) is 0.0526. The first-order valence-electron chi connectivity index (χ1n) is 7.90. The summed E-state index contributed by atoms with van der Waals surface area (Å²) in [5, 5.41) is 23.1. The molecule has 0 aliphatic carbocycles. The molecule has 0 aliphatic rings. The predicted octanol–water partition coefficient (Wildman–Crippen LogP) is 2.79. The summed E-state index contributed by atoms with van der Waals surface area (Å²) in [6.07, 6.45) is 5.24. The molecule has 0 radical (unpaired) electrons. The molecule has 0 fully saturated rings. The Morgan fingerprint density at radius 2 is 1.85 bits per heavy atom. The number of rotatable bonds is 4. The number of imidazole rings is 1. The quantitative estimate of drug-likeness (QED) is 0.589. The van der Waals surface area contributed by atoms with Crippen LogP contribution in [-0.2, 0) is 6.42 Å². The van der Waals surface area contributed by atoms with Crippen molar-refractivity contribution in [1.29, 1.82) is 0 Å². The summed E-state index contributed by atoms with van der Waals surface area (Å²) in [6, 6.07) is 12.1. The lowest BCUT2D eigenvalue weighted by molar-refractivity contribution is 0.0696. The van der Waals surface area contributed by atoms with Crippen LogP contribution in [-0.4, -0.2) is 35.8 Å². The van der Waals surface area contributed by atoms with Gasteiger partial charge < -0.3 is 10.2 Å². The molecule has 0 saturated carbocycles. The maximum atomic E-state index is 11.1. The Kier molecular flexibility index (Phi) is 3.81. The zero-order valence-electron chi connectivity index (χ0n) is 13.6. The number of pyridine rings is 1. The molecule has 7 nitrogen and oxygen atoms in total. The maximum absolute atomic E-state index is 11.1. The van der Waals surface area contributed by atoms with Crippen LogP contribution in [0.15, 0.2) is 61.1 Å². The van der Waals surface area contributed by atoms with Gasteiger partial charge in [0.05, 0.1) is 23.1 Å². The van der Waals surface area contributed by atoms with Crippen molar-refractivity contribution < 1.29 is 15.0 Å². The zero-order valence-corrected chi connectivity index (χ0v) is 13.6. The van der Waals surface area contributed by atoms with E-state index in [9.17, 15) is 9.90 Å². The van der Waals surface area contributed by atoms with Gasteiger partial charge in [0, 0.05) is 24.4 Å². The number of aromatic carboxylic acids is 1. The van der Waals surface area contributed by atoms with Gasteiger partial charge in [0.1, 0.15) is 5.75 Å². The first-order valence-corrected chi connectivity index (χ1v) is 7.90. The molecule has 2 N–H and O–H groups in total. The van der Waals surface area contributed by atoms with Crippen LogP contribution in [0.4, 0.5) is 0 Å². The monoisotopic (exact) mass is 346 g/mol. The van der Waals surface area contributed by atoms with Crippen molar-refractivity contribution >= 4 is 11.6 Å². The first kappa shape index (κ1) is 15.8. The lowest BCUT2D eigenvalue weighted by Gasteiger charge is -2.05. The van der Waals surface area contributed by atoms with E-state index in [1.165, 1.54) is 6.20 Å². The van der Waals surface area contributed by atoms with E-state index < -0.39 is 5.97 Å². The largest absolute Gasteiger partial charge is 0.508 e. The van der Waals surface area contributed by atoms with Gasteiger partial charge in [-0.2, -0.15) is 5.10 Å². The number of carboxylic acids is 1. The van der Waals surface area contributed by atoms with Crippen LogP contribution in [0.1, 0.15) is 21.6 Å². The Balaban J connectivity index is 1.73. The van der Waals surface area contributed by atoms with E-state index in [1.54, 1.807) is 41.2 Å². The minimum Gasteiger partial charge on any atom is -0.508 e. The van der Waals surface area contributed by atoms with Crippen LogP contribution >= 0.6 is 0 Å². The SMILES string of the molecule is O=C(O)c1cncc(-c2ccc3ncc(Cc4ccc(O)cc4)n3n2)c1. The van der Waals surface area contributed by atoms with Gasteiger partial charge in [-0.3, -0.25) is 4.98 Å². The van der Waals surface area contributed by atoms with Crippen molar-refractivity contribution in [1.82, 2.24) is 19.6 Å². The van der Waals surface area contributed by atoms with Crippen molar-refractivity contribution in [2.24, 2.45) is 0 Å². The number of hydrogen-bond donors (Lipinski definition) is 2. The van der Waals surface area contributed by atoms with Gasteiger partial charge in [0.2, 0.25) is 0 Å². The smallest absolute Gasteiger partial charge is 0.337 e. The molecule has 3 heterocycles. The van der Waals surface area contributed by atoms with Crippen LogP contribution < -0.4 is 0 Å². The van der Waals surface area contributed by atoms with Crippen molar-refractivity contribution in [2.45, 2.75) is 6.42 Å². The highest BCUT2D eigenvalue weighted by atomic mass is 16.4. The van der Waals surface area contributed by atoms with Gasteiger partial charge in [-0.15, -0.1) is 0 Å². The second-order valence-corrected chi connectivity index (χ2v) is 5.85. The number of carbonyl (C=O) groups is 1. The predicted molar refractivity (Wildman–Crippen MR) is 94.1 cm³/mol. The van der Waals surface area contributed by atoms with E-state index >= 15 is 0 Å². The standard InChI is InChI=1S/C19H14N4O3/c24-16-3-1-12(2-4-16)7-15-11-21-18-6-5-17(22-23(15)18)13-8-14(19(25)26)10-20-9-13/h1-6,8-11,24H,7H2,(H,25,26). The normalized spacial score (nSPS) is 10.9. The Bertz CT molecular complexity index is 1100. The lowest BCUT2D eigenvalue weighted by atomic mass is 10.1. The van der Waals surface area contributed by atoms with E-state index in [2.05, 4.69) is 15.1 Å². The molecule has 26 heavy (non-hydrogen) atoms. The average molecular weight is 346 g/mol. The molecule has 128 valence electrons. The second-order valence-electron chi connectivity index (χ2n) is 5.85. The molecule has 0 unspecified atom stereocenters. The van der Waals surface area contributed by atoms with E-state index in [4.69, 9.17) is 5.11 Å². The Morgan fingerprint density at radius 3 is 2.62 bits per heavy atom. The highest BCUT2D eigenvalue weighted by molar-refractivity contribution is 5.88. The summed E-state index contributed by atoms with van der Waals surface area (Å²) >= 11 is 0. The number of carboxylic acid groups (broad SMARTS) is 1. The third kappa shape index (κ3) is 2.98. The minimum atomic E-state index is -1.03. The van der Waals surface area contributed by atoms with Gasteiger partial charge in [-0.25, -0.2) is 14.3 Å². The molecule has 0 aliphatic heterocycles. The van der Waals surface area contributed by atoms with Gasteiger partial charge >= 0.3 is 5.97 Å². The molecule has 7 heteroatoms. The number of nitrogens with zero attached hydrogens (tertiary/aromatic N) is 4. The summed E-state index contributed by atoms with van der Waals surface area (Å²) in [5.74, 6) is -0.811. The molecule has 4 aromatic rings. The Labute approximate surface area is 148 Å². The number of phenolic OH excluding ortho intramolecular Hbond substituents is 1. The fourth-order valence-electron chi connectivity index (χ4n) is 2.72. The maximum Gasteiger partial charge on any atom is 0.337 e. The number of aromatic nitrogens is 4. The van der Waals surface area contributed by atoms with Crippen molar-refractivity contribution in [3.8, 4) is 17.0 Å². The molecule has 0 saturated heterocycles. The fourth-order valence-corrected chi connectivity index (χ4v) is 2.72. The lowest BCUT2D eigenvalue weighted by Crippen LogP contribution is -2.02. The third-order valence-electron chi connectivity index (χ3n) is 4.04. The van der Waals surface area contributed by atoms with Crippen molar-refractivity contribution in [3.63, 3.8) is 0 Å². The highest BCUT2D eigenvalue weighted by Crippen LogP contribution is 2.20. The average Bonchev–Trinajstić information content (AvgIpc) is 3.06. The highest BCUT2D eigenvalue weighted by Gasteiger charge is 2.10. The number of aromatic hydroxyl groups is 1. The van der Waals surface area contributed by atoms with Gasteiger partial charge in [0.15, 0.2) is 5.65 Å². The molecule has 3 aromatic heterocycles. The molecule has 0 atom stereocenters. The van der Waals surface area contributed by atoms with E-state index in [1.807, 2.05) is 18.2 Å². The summed E-state index contributed by atoms with van der Waals surface area (Å²) in [5.41, 5.74) is 3.94. The molecule has 0 amide bonds. The summed E-state index contributed by atoms with van der Waals surface area (Å²) < 4.78 is 1.73. The van der Waals surface area contributed by atoms with Gasteiger partial charge in [-0.1, -0.05) is 12.1 Å². The van der Waals surface area contributed by atoms with Gasteiger partial charge in [-0.05, 0) is 35.9 Å². The van der Waals surface area contributed by atoms with Crippen LogP contribution in [0.2, 0.25) is 0 Å². The van der Waals surface area contributed by atoms with E-state index in [0.717, 1.165) is 11.3 Å². The molecular formula is C19H14N4O3. The molecular weight excluding hydrogens is 332 g/mol. The number of phenols is 1. The summed E-state index contributed by atoms with van der Waals surface area (Å²) in [4.78, 5) is 19.5. The number of hydrogen-bond acceptors (Lipinski definition) is 5. The number of benzene rings is 1. The van der Waals surface area contributed by atoms with Crippen LogP contribution in [0.3, 0.4) is 0 Å². The van der Waals surface area contributed by atoms with Crippen LogP contribution in [0, 0.1) is 0 Å². The second kappa shape index (κ2) is 6.29. The minimum absolute atomic E-state index is 0.111. The topological polar surface area (TPSA) is 101 Å². The molecule has 1 aromatic carbocycles. The Hall–Kier alpha value is -3.74. The van der Waals surface area contributed by atoms with Crippen LogP contribution in [0.5, 0.6) is 5.75 Å². The zero-order chi connectivity index (χ0) is 18.1. The molecule has 4 rings (SSSR count).